The van der Waals surface area contributed by atoms with Crippen LogP contribution in [-0.2, 0) is 5.11 Å². The summed E-state index contributed by atoms with van der Waals surface area (Å²) in [5.41, 5.74) is 0. The minimum Gasteiger partial charge on any atom is -0.198 e. The monoisotopic (exact) mass is 170 g/mol. The summed E-state index contributed by atoms with van der Waals surface area (Å²) >= 11 is 0. The Morgan fingerprint density at radius 3 is 1.82 bits per heavy atom. The molecule has 2 nitrogen and oxygen atoms in total. The summed E-state index contributed by atoms with van der Waals surface area (Å²) in [6.07, 6.45) is -5.39. The second kappa shape index (κ2) is 2.66. The van der Waals surface area contributed by atoms with Crippen molar-refractivity contribution < 1.29 is 22.7 Å². The zero-order valence-electron chi connectivity index (χ0n) is 5.44. The number of rotatable bonds is 2. The Bertz CT molecular complexity index is 180. The summed E-state index contributed by atoms with van der Waals surface area (Å²) in [7, 11) is 0. The molecular formula is C5H4F4NO. The molecule has 0 aromatic rings. The van der Waals surface area contributed by atoms with E-state index in [9.17, 15) is 22.7 Å². The molecule has 0 rings (SSSR count). The van der Waals surface area contributed by atoms with Crippen LogP contribution in [0.4, 0.5) is 17.6 Å². The van der Waals surface area contributed by atoms with E-state index in [1.165, 1.54) is 0 Å². The summed E-state index contributed by atoms with van der Waals surface area (Å²) in [4.78, 5) is 0. The molecule has 0 amide bonds. The second-order valence-electron chi connectivity index (χ2n) is 1.99. The predicted octanol–water partition coefficient (Wildman–Crippen LogP) is 1.80. The molecule has 0 bridgehead atoms. The lowest BCUT2D eigenvalue weighted by Gasteiger charge is -2.20. The lowest BCUT2D eigenvalue weighted by atomic mass is 10.1. The lowest BCUT2D eigenvalue weighted by molar-refractivity contribution is -0.362. The summed E-state index contributed by atoms with van der Waals surface area (Å²) in [5, 5.41) is 17.3. The van der Waals surface area contributed by atoms with E-state index in [1.54, 1.807) is 0 Å². The molecule has 0 aromatic carbocycles. The van der Waals surface area contributed by atoms with Gasteiger partial charge in [0.15, 0.2) is 0 Å². The van der Waals surface area contributed by atoms with Gasteiger partial charge in [0, 0.05) is 0 Å². The van der Waals surface area contributed by atoms with E-state index in [0.29, 0.717) is 6.92 Å². The third-order valence-electron chi connectivity index (χ3n) is 1.13. The van der Waals surface area contributed by atoms with Gasteiger partial charge < -0.3 is 0 Å². The van der Waals surface area contributed by atoms with Gasteiger partial charge >= 0.3 is 12.0 Å². The third-order valence-corrected chi connectivity index (χ3v) is 1.13. The Labute approximate surface area is 60.0 Å². The fourth-order valence-corrected chi connectivity index (χ4v) is 0.333. The quantitative estimate of drug-likeness (QED) is 0.582. The molecule has 6 heteroatoms. The van der Waals surface area contributed by atoms with Crippen LogP contribution in [0, 0.1) is 17.2 Å². The van der Waals surface area contributed by atoms with Crippen molar-refractivity contribution in [3.05, 3.63) is 0 Å². The first-order valence-electron chi connectivity index (χ1n) is 2.59. The first kappa shape index (κ1) is 10.2. The maximum absolute atomic E-state index is 12.0. The number of alkyl halides is 4. The van der Waals surface area contributed by atoms with Gasteiger partial charge in [-0.25, -0.2) is 0 Å². The van der Waals surface area contributed by atoms with Crippen molar-refractivity contribution in [2.75, 3.05) is 0 Å². The molecule has 1 atom stereocenters. The normalized spacial score (nSPS) is 15.7. The van der Waals surface area contributed by atoms with E-state index in [4.69, 9.17) is 5.26 Å². The number of hydrogen-bond acceptors (Lipinski definition) is 1. The molecule has 0 saturated heterocycles. The van der Waals surface area contributed by atoms with Crippen LogP contribution in [0.1, 0.15) is 6.92 Å². The highest BCUT2D eigenvalue weighted by Gasteiger charge is 2.60. The fourth-order valence-electron chi connectivity index (χ4n) is 0.333. The molecular weight excluding hydrogens is 166 g/mol. The van der Waals surface area contributed by atoms with Crippen LogP contribution in [-0.4, -0.2) is 12.0 Å². The number of nitriles is 1. The molecule has 1 unspecified atom stereocenters. The van der Waals surface area contributed by atoms with Gasteiger partial charge in [-0.15, -0.1) is 0 Å². The second-order valence-corrected chi connectivity index (χ2v) is 1.99. The van der Waals surface area contributed by atoms with E-state index in [2.05, 4.69) is 0 Å². The smallest absolute Gasteiger partial charge is 0.198 e. The van der Waals surface area contributed by atoms with Crippen LogP contribution in [0.5, 0.6) is 0 Å². The van der Waals surface area contributed by atoms with Crippen molar-refractivity contribution >= 4 is 0 Å². The zero-order chi connectivity index (χ0) is 9.28. The average molecular weight is 170 g/mol. The molecule has 0 heterocycles. The minimum atomic E-state index is -5.39. The van der Waals surface area contributed by atoms with Crippen molar-refractivity contribution in [1.82, 2.24) is 0 Å². The number of halogens is 4. The molecule has 1 radical (unpaired) electrons. The topological polar surface area (TPSA) is 43.7 Å². The molecule has 0 N–H and O–H groups in total. The Balaban J connectivity index is 4.62. The summed E-state index contributed by atoms with van der Waals surface area (Å²) in [5.74, 6) is -7.09. The number of hydrogen-bond donors (Lipinski definition) is 0. The molecule has 0 aliphatic carbocycles. The summed E-state index contributed by atoms with van der Waals surface area (Å²) < 4.78 is 47.0. The molecule has 0 spiro atoms. The highest BCUT2D eigenvalue weighted by molar-refractivity contribution is 4.93. The Morgan fingerprint density at radius 1 is 1.36 bits per heavy atom. The SMILES string of the molecule is CC(C#N)C(F)(F)C([O])(F)F. The molecule has 0 aromatic heterocycles. The van der Waals surface area contributed by atoms with Crippen molar-refractivity contribution in [2.24, 2.45) is 5.92 Å². The molecule has 0 aliphatic heterocycles. The van der Waals surface area contributed by atoms with Crippen LogP contribution in [0.15, 0.2) is 0 Å². The van der Waals surface area contributed by atoms with Gasteiger partial charge in [0.25, 0.3) is 0 Å². The first-order chi connectivity index (χ1) is 4.73. The van der Waals surface area contributed by atoms with Gasteiger partial charge in [-0.3, -0.25) is 0 Å². The van der Waals surface area contributed by atoms with E-state index in [0.717, 1.165) is 6.07 Å². The van der Waals surface area contributed by atoms with E-state index >= 15 is 0 Å². The van der Waals surface area contributed by atoms with Gasteiger partial charge in [-0.2, -0.15) is 27.9 Å². The minimum absolute atomic E-state index is 0.561. The van der Waals surface area contributed by atoms with E-state index < -0.39 is 17.9 Å². The molecule has 11 heavy (non-hydrogen) atoms. The first-order valence-corrected chi connectivity index (χ1v) is 2.59. The van der Waals surface area contributed by atoms with Gasteiger partial charge in [-0.05, 0) is 6.92 Å². The van der Waals surface area contributed by atoms with Crippen molar-refractivity contribution in [1.29, 1.82) is 5.26 Å². The Kier molecular flexibility index (Phi) is 2.46. The third kappa shape index (κ3) is 1.80. The predicted molar refractivity (Wildman–Crippen MR) is 25.4 cm³/mol. The maximum Gasteiger partial charge on any atom is 0.446 e. The maximum atomic E-state index is 12.0. The number of nitrogens with zero attached hydrogens (tertiary/aromatic N) is 1. The average Bonchev–Trinajstić information content (AvgIpc) is 1.83. The van der Waals surface area contributed by atoms with Crippen LogP contribution < -0.4 is 0 Å². The molecule has 0 fully saturated rings. The van der Waals surface area contributed by atoms with Gasteiger partial charge in [0.2, 0.25) is 0 Å². The Morgan fingerprint density at radius 2 is 1.73 bits per heavy atom. The highest BCUT2D eigenvalue weighted by atomic mass is 19.3. The van der Waals surface area contributed by atoms with E-state index in [1.807, 2.05) is 0 Å². The van der Waals surface area contributed by atoms with Gasteiger partial charge in [0.1, 0.15) is 5.92 Å². The zero-order valence-corrected chi connectivity index (χ0v) is 5.44. The van der Waals surface area contributed by atoms with Crippen LogP contribution in [0.2, 0.25) is 0 Å². The van der Waals surface area contributed by atoms with Crippen molar-refractivity contribution in [3.63, 3.8) is 0 Å². The van der Waals surface area contributed by atoms with Crippen molar-refractivity contribution in [3.8, 4) is 6.07 Å². The van der Waals surface area contributed by atoms with Crippen molar-refractivity contribution in [2.45, 2.75) is 19.0 Å². The van der Waals surface area contributed by atoms with Crippen LogP contribution in [0.25, 0.3) is 0 Å². The van der Waals surface area contributed by atoms with Crippen LogP contribution in [0.3, 0.4) is 0 Å². The largest absolute Gasteiger partial charge is 0.446 e. The highest BCUT2D eigenvalue weighted by Crippen LogP contribution is 2.38. The molecule has 63 valence electrons. The summed E-state index contributed by atoms with van der Waals surface area (Å²) in [6.45, 7) is 0.561. The van der Waals surface area contributed by atoms with Gasteiger partial charge in [-0.1, -0.05) is 0 Å². The van der Waals surface area contributed by atoms with E-state index in [-0.39, 0.29) is 0 Å². The van der Waals surface area contributed by atoms with Crippen LogP contribution >= 0.6 is 0 Å². The fraction of sp³-hybridized carbons (Fsp3) is 0.800. The van der Waals surface area contributed by atoms with Gasteiger partial charge in [0.05, 0.1) is 6.07 Å². The molecule has 0 aliphatic rings. The lowest BCUT2D eigenvalue weighted by Crippen LogP contribution is -2.43. The summed E-state index contributed by atoms with van der Waals surface area (Å²) in [6, 6.07) is 0.882. The standard InChI is InChI=1S/C5H4F4NO/c1-3(2-10)4(6,7)5(8,9)11/h3H,1H3. The molecule has 0 saturated carbocycles. The Hall–Kier alpha value is -0.830.